The zero-order valence-corrected chi connectivity index (χ0v) is 11.3. The number of rotatable bonds is 2. The van der Waals surface area contributed by atoms with Gasteiger partial charge in [0.1, 0.15) is 5.75 Å². The topological polar surface area (TPSA) is 63.6 Å². The van der Waals surface area contributed by atoms with Crippen LogP contribution in [0.25, 0.3) is 21.5 Å². The number of hydrogen-bond donors (Lipinski definition) is 1. The van der Waals surface area contributed by atoms with E-state index in [1.807, 2.05) is 30.3 Å². The number of carbonyl (C=O) groups excluding carboxylic acids is 1. The summed E-state index contributed by atoms with van der Waals surface area (Å²) in [4.78, 5) is 22.5. The third kappa shape index (κ3) is 2.31. The van der Waals surface area contributed by atoms with Gasteiger partial charge in [-0.25, -0.2) is 4.79 Å². The SMILES string of the molecule is CC(=O)Oc1c2ccccc2cc2ccc(C(=O)O)cc12. The molecule has 4 nitrogen and oxygen atoms in total. The second-order valence-corrected chi connectivity index (χ2v) is 4.76. The number of carbonyl (C=O) groups is 2. The Morgan fingerprint density at radius 3 is 2.38 bits per heavy atom. The molecule has 0 aliphatic carbocycles. The second kappa shape index (κ2) is 4.90. The number of hydrogen-bond acceptors (Lipinski definition) is 3. The van der Waals surface area contributed by atoms with E-state index in [2.05, 4.69) is 0 Å². The van der Waals surface area contributed by atoms with E-state index in [4.69, 9.17) is 9.84 Å². The molecule has 1 N–H and O–H groups in total. The average Bonchev–Trinajstić information content (AvgIpc) is 2.46. The number of esters is 1. The summed E-state index contributed by atoms with van der Waals surface area (Å²) in [6.07, 6.45) is 0. The molecule has 0 bridgehead atoms. The molecular formula is C17H12O4. The number of carboxylic acids is 1. The quantitative estimate of drug-likeness (QED) is 0.442. The van der Waals surface area contributed by atoms with Crippen LogP contribution in [0.1, 0.15) is 17.3 Å². The lowest BCUT2D eigenvalue weighted by molar-refractivity contribution is -0.131. The van der Waals surface area contributed by atoms with E-state index < -0.39 is 11.9 Å². The highest BCUT2D eigenvalue weighted by Crippen LogP contribution is 2.35. The van der Waals surface area contributed by atoms with Gasteiger partial charge in [0.15, 0.2) is 0 Å². The minimum atomic E-state index is -1.01. The molecule has 3 aromatic rings. The predicted molar refractivity (Wildman–Crippen MR) is 79.7 cm³/mol. The van der Waals surface area contributed by atoms with Gasteiger partial charge in [0, 0.05) is 17.7 Å². The fourth-order valence-corrected chi connectivity index (χ4v) is 2.41. The maximum atomic E-state index is 11.4. The summed E-state index contributed by atoms with van der Waals surface area (Å²) in [6.45, 7) is 1.33. The summed E-state index contributed by atoms with van der Waals surface area (Å²) in [7, 11) is 0. The lowest BCUT2D eigenvalue weighted by atomic mass is 10.0. The predicted octanol–water partition coefficient (Wildman–Crippen LogP) is 3.62. The molecule has 0 aliphatic heterocycles. The Bertz CT molecular complexity index is 880. The Morgan fingerprint density at radius 2 is 1.67 bits per heavy atom. The minimum absolute atomic E-state index is 0.159. The molecule has 4 heteroatoms. The highest BCUT2D eigenvalue weighted by Gasteiger charge is 2.13. The first-order valence-corrected chi connectivity index (χ1v) is 6.43. The van der Waals surface area contributed by atoms with Gasteiger partial charge in [0.05, 0.1) is 5.56 Å². The zero-order valence-electron chi connectivity index (χ0n) is 11.3. The number of aromatic carboxylic acids is 1. The van der Waals surface area contributed by atoms with Crippen LogP contribution in [-0.2, 0) is 4.79 Å². The summed E-state index contributed by atoms with van der Waals surface area (Å²) >= 11 is 0. The van der Waals surface area contributed by atoms with Crippen LogP contribution < -0.4 is 4.74 Å². The zero-order chi connectivity index (χ0) is 15.0. The lowest BCUT2D eigenvalue weighted by Crippen LogP contribution is -2.03. The Labute approximate surface area is 120 Å². The minimum Gasteiger partial charge on any atom is -0.478 e. The first kappa shape index (κ1) is 13.1. The van der Waals surface area contributed by atoms with Crippen molar-refractivity contribution in [2.75, 3.05) is 0 Å². The first-order chi connectivity index (χ1) is 10.1. The highest BCUT2D eigenvalue weighted by molar-refractivity contribution is 6.08. The van der Waals surface area contributed by atoms with Crippen LogP contribution >= 0.6 is 0 Å². The van der Waals surface area contributed by atoms with Crippen molar-refractivity contribution in [1.29, 1.82) is 0 Å². The van der Waals surface area contributed by atoms with E-state index in [9.17, 15) is 9.59 Å². The van der Waals surface area contributed by atoms with Crippen LogP contribution in [0.15, 0.2) is 48.5 Å². The van der Waals surface area contributed by atoms with Crippen molar-refractivity contribution in [1.82, 2.24) is 0 Å². The lowest BCUT2D eigenvalue weighted by Gasteiger charge is -2.11. The summed E-state index contributed by atoms with van der Waals surface area (Å²) in [6, 6.07) is 14.3. The van der Waals surface area contributed by atoms with Crippen molar-refractivity contribution in [3.05, 3.63) is 54.1 Å². The third-order valence-corrected chi connectivity index (χ3v) is 3.31. The van der Waals surface area contributed by atoms with Gasteiger partial charge in [-0.05, 0) is 29.0 Å². The maximum Gasteiger partial charge on any atom is 0.335 e. The van der Waals surface area contributed by atoms with Gasteiger partial charge >= 0.3 is 11.9 Å². The van der Waals surface area contributed by atoms with E-state index in [0.717, 1.165) is 16.2 Å². The van der Waals surface area contributed by atoms with Crippen LogP contribution in [0.2, 0.25) is 0 Å². The van der Waals surface area contributed by atoms with Crippen molar-refractivity contribution >= 4 is 33.5 Å². The van der Waals surface area contributed by atoms with Crippen molar-refractivity contribution in [3.63, 3.8) is 0 Å². The van der Waals surface area contributed by atoms with Crippen LogP contribution in [-0.4, -0.2) is 17.0 Å². The molecule has 0 atom stereocenters. The standard InChI is InChI=1S/C17H12O4/c1-10(18)21-16-14-5-3-2-4-11(14)8-12-6-7-13(17(19)20)9-15(12)16/h2-9H,1H3,(H,19,20). The monoisotopic (exact) mass is 280 g/mol. The second-order valence-electron chi connectivity index (χ2n) is 4.76. The van der Waals surface area contributed by atoms with Gasteiger partial charge in [-0.3, -0.25) is 4.79 Å². The van der Waals surface area contributed by atoms with Crippen molar-refractivity contribution in [2.24, 2.45) is 0 Å². The van der Waals surface area contributed by atoms with Crippen molar-refractivity contribution in [2.45, 2.75) is 6.92 Å². The number of carboxylic acid groups (broad SMARTS) is 1. The molecule has 0 spiro atoms. The van der Waals surface area contributed by atoms with E-state index in [1.54, 1.807) is 6.07 Å². The normalized spacial score (nSPS) is 10.7. The molecule has 3 aromatic carbocycles. The Morgan fingerprint density at radius 1 is 0.952 bits per heavy atom. The summed E-state index contributed by atoms with van der Waals surface area (Å²) in [5, 5.41) is 12.3. The van der Waals surface area contributed by atoms with Crippen LogP contribution in [0.5, 0.6) is 5.75 Å². The molecule has 0 amide bonds. The van der Waals surface area contributed by atoms with Gasteiger partial charge in [-0.15, -0.1) is 0 Å². The number of benzene rings is 3. The number of fused-ring (bicyclic) bond motifs is 2. The summed E-state index contributed by atoms with van der Waals surface area (Å²) < 4.78 is 5.34. The molecule has 0 unspecified atom stereocenters. The largest absolute Gasteiger partial charge is 0.478 e. The number of ether oxygens (including phenoxy) is 1. The molecule has 0 saturated carbocycles. The highest BCUT2D eigenvalue weighted by atomic mass is 16.5. The summed E-state index contributed by atoms with van der Waals surface area (Å²) in [5.41, 5.74) is 0.159. The molecule has 0 aromatic heterocycles. The Kier molecular flexibility index (Phi) is 3.06. The fraction of sp³-hybridized carbons (Fsp3) is 0.0588. The third-order valence-electron chi connectivity index (χ3n) is 3.31. The van der Waals surface area contributed by atoms with Gasteiger partial charge in [-0.2, -0.15) is 0 Å². The average molecular weight is 280 g/mol. The van der Waals surface area contributed by atoms with Crippen LogP contribution in [0.4, 0.5) is 0 Å². The maximum absolute atomic E-state index is 11.4. The molecule has 0 heterocycles. The van der Waals surface area contributed by atoms with E-state index in [1.165, 1.54) is 19.1 Å². The molecule has 0 radical (unpaired) electrons. The molecule has 3 rings (SSSR count). The molecule has 104 valence electrons. The van der Waals surface area contributed by atoms with E-state index >= 15 is 0 Å². The Hall–Kier alpha value is -2.88. The van der Waals surface area contributed by atoms with Crippen LogP contribution in [0.3, 0.4) is 0 Å². The molecule has 0 aliphatic rings. The van der Waals surface area contributed by atoms with Crippen molar-refractivity contribution < 1.29 is 19.4 Å². The first-order valence-electron chi connectivity index (χ1n) is 6.43. The fourth-order valence-electron chi connectivity index (χ4n) is 2.41. The smallest absolute Gasteiger partial charge is 0.335 e. The van der Waals surface area contributed by atoms with Gasteiger partial charge in [0.2, 0.25) is 0 Å². The summed E-state index contributed by atoms with van der Waals surface area (Å²) in [5.74, 6) is -1.05. The molecule has 21 heavy (non-hydrogen) atoms. The van der Waals surface area contributed by atoms with Crippen LogP contribution in [0, 0.1) is 0 Å². The van der Waals surface area contributed by atoms with E-state index in [0.29, 0.717) is 11.1 Å². The van der Waals surface area contributed by atoms with Gasteiger partial charge in [-0.1, -0.05) is 30.3 Å². The Balaban J connectivity index is 2.42. The van der Waals surface area contributed by atoms with Gasteiger partial charge < -0.3 is 9.84 Å². The molecule has 0 fully saturated rings. The van der Waals surface area contributed by atoms with Crippen molar-refractivity contribution in [3.8, 4) is 5.75 Å². The molecular weight excluding hydrogens is 268 g/mol. The van der Waals surface area contributed by atoms with Gasteiger partial charge in [0.25, 0.3) is 0 Å². The van der Waals surface area contributed by atoms with E-state index in [-0.39, 0.29) is 5.56 Å². The molecule has 0 saturated heterocycles.